The molecule has 0 bridgehead atoms. The summed E-state index contributed by atoms with van der Waals surface area (Å²) in [6.45, 7) is 2.09. The van der Waals surface area contributed by atoms with Gasteiger partial charge in [0.1, 0.15) is 0 Å². The van der Waals surface area contributed by atoms with Crippen LogP contribution in [0.4, 0.5) is 5.82 Å². The van der Waals surface area contributed by atoms with Crippen molar-refractivity contribution < 1.29 is 4.74 Å². The molecule has 0 atom stereocenters. The third-order valence-electron chi connectivity index (χ3n) is 3.62. The molecule has 0 aliphatic carbocycles. The number of hydrogen-bond donors (Lipinski definition) is 0. The van der Waals surface area contributed by atoms with Gasteiger partial charge < -0.3 is 9.64 Å². The molecule has 1 saturated heterocycles. The molecule has 0 spiro atoms. The zero-order chi connectivity index (χ0) is 13.1. The minimum atomic E-state index is 0.639. The Labute approximate surface area is 113 Å². The zero-order valence-electron chi connectivity index (χ0n) is 11.3. The Kier molecular flexibility index (Phi) is 3.49. The van der Waals surface area contributed by atoms with Gasteiger partial charge in [0.2, 0.25) is 0 Å². The highest BCUT2D eigenvalue weighted by Gasteiger charge is 2.17. The topological polar surface area (TPSA) is 38.3 Å². The molecule has 2 aromatic rings. The Morgan fingerprint density at radius 3 is 2.21 bits per heavy atom. The highest BCUT2D eigenvalue weighted by atomic mass is 16.5. The van der Waals surface area contributed by atoms with E-state index in [0.29, 0.717) is 5.88 Å². The average Bonchev–Trinajstić information content (AvgIpc) is 2.74. The van der Waals surface area contributed by atoms with E-state index in [2.05, 4.69) is 9.88 Å². The maximum absolute atomic E-state index is 5.43. The first-order valence-corrected chi connectivity index (χ1v) is 6.94. The number of anilines is 1. The van der Waals surface area contributed by atoms with Gasteiger partial charge in [-0.2, -0.15) is 0 Å². The smallest absolute Gasteiger partial charge is 0.257 e. The van der Waals surface area contributed by atoms with Crippen molar-refractivity contribution in [2.75, 3.05) is 25.1 Å². The lowest BCUT2D eigenvalue weighted by Crippen LogP contribution is -2.25. The Bertz CT molecular complexity index is 562. The Balaban J connectivity index is 2.04. The standard InChI is InChI=1S/C15H19N3O/c1-19-15-14(18-10-6-2-3-7-11-18)16-12-8-4-5-9-13(12)17-15/h4-5,8-9H,2-3,6-7,10-11H2,1H3. The lowest BCUT2D eigenvalue weighted by atomic mass is 10.2. The molecule has 4 heteroatoms. The second kappa shape index (κ2) is 5.43. The van der Waals surface area contributed by atoms with Crippen molar-refractivity contribution in [3.8, 4) is 5.88 Å². The van der Waals surface area contributed by atoms with Gasteiger partial charge in [0.25, 0.3) is 5.88 Å². The molecular formula is C15H19N3O. The predicted molar refractivity (Wildman–Crippen MR) is 76.8 cm³/mol. The van der Waals surface area contributed by atoms with Crippen LogP contribution in [0.5, 0.6) is 5.88 Å². The molecule has 2 heterocycles. The molecule has 1 aliphatic rings. The van der Waals surface area contributed by atoms with Crippen molar-refractivity contribution in [1.82, 2.24) is 9.97 Å². The molecule has 1 aliphatic heterocycles. The monoisotopic (exact) mass is 257 g/mol. The van der Waals surface area contributed by atoms with Gasteiger partial charge in [-0.3, -0.25) is 0 Å². The van der Waals surface area contributed by atoms with Gasteiger partial charge in [0.05, 0.1) is 18.1 Å². The average molecular weight is 257 g/mol. The van der Waals surface area contributed by atoms with Crippen molar-refractivity contribution in [1.29, 1.82) is 0 Å². The molecule has 100 valence electrons. The van der Waals surface area contributed by atoms with Gasteiger partial charge in [-0.25, -0.2) is 9.97 Å². The number of ether oxygens (including phenoxy) is 1. The molecule has 0 amide bonds. The summed E-state index contributed by atoms with van der Waals surface area (Å²) in [7, 11) is 1.67. The van der Waals surface area contributed by atoms with Gasteiger partial charge in [0, 0.05) is 13.1 Å². The van der Waals surface area contributed by atoms with Gasteiger partial charge >= 0.3 is 0 Å². The highest BCUT2D eigenvalue weighted by Crippen LogP contribution is 2.28. The van der Waals surface area contributed by atoms with Crippen molar-refractivity contribution in [2.24, 2.45) is 0 Å². The summed E-state index contributed by atoms with van der Waals surface area (Å²) >= 11 is 0. The van der Waals surface area contributed by atoms with E-state index in [4.69, 9.17) is 9.72 Å². The molecule has 1 aromatic heterocycles. The number of para-hydroxylation sites is 2. The number of nitrogens with zero attached hydrogens (tertiary/aromatic N) is 3. The summed E-state index contributed by atoms with van der Waals surface area (Å²) in [5.74, 6) is 1.53. The van der Waals surface area contributed by atoms with Crippen LogP contribution in [0.3, 0.4) is 0 Å². The molecule has 3 rings (SSSR count). The predicted octanol–water partition coefficient (Wildman–Crippen LogP) is 3.02. The SMILES string of the molecule is COc1nc2ccccc2nc1N1CCCCCC1. The summed E-state index contributed by atoms with van der Waals surface area (Å²) in [4.78, 5) is 11.6. The molecule has 0 radical (unpaired) electrons. The van der Waals surface area contributed by atoms with E-state index in [0.717, 1.165) is 29.9 Å². The molecule has 0 unspecified atom stereocenters. The third-order valence-corrected chi connectivity index (χ3v) is 3.62. The third kappa shape index (κ3) is 2.48. The van der Waals surface area contributed by atoms with Crippen LogP contribution in [0.25, 0.3) is 11.0 Å². The van der Waals surface area contributed by atoms with E-state index < -0.39 is 0 Å². The van der Waals surface area contributed by atoms with Crippen LogP contribution in [0, 0.1) is 0 Å². The zero-order valence-corrected chi connectivity index (χ0v) is 11.3. The second-order valence-corrected chi connectivity index (χ2v) is 4.95. The number of benzene rings is 1. The van der Waals surface area contributed by atoms with Gasteiger partial charge in [-0.15, -0.1) is 0 Å². The van der Waals surface area contributed by atoms with Crippen molar-refractivity contribution in [2.45, 2.75) is 25.7 Å². The number of aromatic nitrogens is 2. The first-order valence-electron chi connectivity index (χ1n) is 6.94. The lowest BCUT2D eigenvalue weighted by molar-refractivity contribution is 0.397. The maximum atomic E-state index is 5.43. The molecule has 19 heavy (non-hydrogen) atoms. The van der Waals surface area contributed by atoms with Crippen molar-refractivity contribution in [3.05, 3.63) is 24.3 Å². The van der Waals surface area contributed by atoms with Crippen molar-refractivity contribution >= 4 is 16.9 Å². The van der Waals surface area contributed by atoms with Crippen molar-refractivity contribution in [3.63, 3.8) is 0 Å². The first kappa shape index (κ1) is 12.2. The fraction of sp³-hybridized carbons (Fsp3) is 0.467. The van der Waals surface area contributed by atoms with E-state index in [1.807, 2.05) is 24.3 Å². The molecule has 4 nitrogen and oxygen atoms in total. The van der Waals surface area contributed by atoms with Gasteiger partial charge in [-0.05, 0) is 25.0 Å². The van der Waals surface area contributed by atoms with Crippen LogP contribution in [-0.4, -0.2) is 30.2 Å². The summed E-state index contributed by atoms with van der Waals surface area (Å²) in [6, 6.07) is 7.94. The van der Waals surface area contributed by atoms with Crippen LogP contribution in [-0.2, 0) is 0 Å². The van der Waals surface area contributed by atoms with Crippen LogP contribution in [0.2, 0.25) is 0 Å². The molecule has 0 saturated carbocycles. The highest BCUT2D eigenvalue weighted by molar-refractivity contribution is 5.77. The number of rotatable bonds is 2. The number of methoxy groups -OCH3 is 1. The van der Waals surface area contributed by atoms with Crippen LogP contribution >= 0.6 is 0 Å². The van der Waals surface area contributed by atoms with E-state index in [-0.39, 0.29) is 0 Å². The van der Waals surface area contributed by atoms with E-state index in [9.17, 15) is 0 Å². The van der Waals surface area contributed by atoms with Crippen LogP contribution in [0.1, 0.15) is 25.7 Å². The largest absolute Gasteiger partial charge is 0.478 e. The molecular weight excluding hydrogens is 238 g/mol. The quantitative estimate of drug-likeness (QED) is 0.829. The minimum absolute atomic E-state index is 0.639. The summed E-state index contributed by atoms with van der Waals surface area (Å²) in [5.41, 5.74) is 1.82. The minimum Gasteiger partial charge on any atom is -0.478 e. The summed E-state index contributed by atoms with van der Waals surface area (Å²) in [6.07, 6.45) is 5.05. The van der Waals surface area contributed by atoms with E-state index >= 15 is 0 Å². The number of hydrogen-bond acceptors (Lipinski definition) is 4. The lowest BCUT2D eigenvalue weighted by Gasteiger charge is -2.22. The van der Waals surface area contributed by atoms with Gasteiger partial charge in [-0.1, -0.05) is 25.0 Å². The van der Waals surface area contributed by atoms with E-state index in [1.165, 1.54) is 25.7 Å². The Morgan fingerprint density at radius 1 is 0.947 bits per heavy atom. The first-order chi connectivity index (χ1) is 9.38. The molecule has 1 fully saturated rings. The van der Waals surface area contributed by atoms with Crippen LogP contribution in [0.15, 0.2) is 24.3 Å². The Hall–Kier alpha value is -1.84. The van der Waals surface area contributed by atoms with Crippen LogP contribution < -0.4 is 9.64 Å². The summed E-state index contributed by atoms with van der Waals surface area (Å²) < 4.78 is 5.43. The van der Waals surface area contributed by atoms with Gasteiger partial charge in [0.15, 0.2) is 5.82 Å². The second-order valence-electron chi connectivity index (χ2n) is 4.95. The Morgan fingerprint density at radius 2 is 1.58 bits per heavy atom. The fourth-order valence-corrected chi connectivity index (χ4v) is 2.60. The summed E-state index contributed by atoms with van der Waals surface area (Å²) in [5, 5.41) is 0. The maximum Gasteiger partial charge on any atom is 0.257 e. The molecule has 1 aromatic carbocycles. The molecule has 0 N–H and O–H groups in total. The fourth-order valence-electron chi connectivity index (χ4n) is 2.60. The van der Waals surface area contributed by atoms with E-state index in [1.54, 1.807) is 7.11 Å². The normalized spacial score (nSPS) is 16.4. The number of fused-ring (bicyclic) bond motifs is 1.